The van der Waals surface area contributed by atoms with Crippen molar-refractivity contribution in [2.24, 2.45) is 7.05 Å². The first-order valence-corrected chi connectivity index (χ1v) is 12.8. The van der Waals surface area contributed by atoms with Gasteiger partial charge in [-0.2, -0.15) is 0 Å². The Bertz CT molecular complexity index is 1620. The van der Waals surface area contributed by atoms with Crippen LogP contribution >= 0.6 is 0 Å². The van der Waals surface area contributed by atoms with E-state index in [0.717, 1.165) is 32.8 Å². The number of pyridine rings is 1. The number of benzene rings is 2. The van der Waals surface area contributed by atoms with E-state index in [-0.39, 0.29) is 11.7 Å². The van der Waals surface area contributed by atoms with Crippen molar-refractivity contribution in [2.75, 3.05) is 27.2 Å². The van der Waals surface area contributed by atoms with Gasteiger partial charge in [0.05, 0.1) is 5.52 Å². The molecule has 0 aliphatic carbocycles. The molecule has 2 aromatic heterocycles. The zero-order valence-corrected chi connectivity index (χ0v) is 22.5. The molecule has 0 unspecified atom stereocenters. The summed E-state index contributed by atoms with van der Waals surface area (Å²) in [5.74, 6) is -1.51. The van der Waals surface area contributed by atoms with Crippen LogP contribution in [0.3, 0.4) is 0 Å². The summed E-state index contributed by atoms with van der Waals surface area (Å²) in [5, 5.41) is 46.0. The predicted octanol–water partition coefficient (Wildman–Crippen LogP) is 0.751. The number of carbonyl (C=O) groups is 2. The number of amides is 1. The van der Waals surface area contributed by atoms with Gasteiger partial charge in [0.25, 0.3) is 5.91 Å². The molecule has 0 bridgehead atoms. The highest BCUT2D eigenvalue weighted by Crippen LogP contribution is 2.37. The van der Waals surface area contributed by atoms with Gasteiger partial charge in [-0.25, -0.2) is 4.79 Å². The molecule has 40 heavy (non-hydrogen) atoms. The molecule has 0 radical (unpaired) electrons. The van der Waals surface area contributed by atoms with E-state index < -0.39 is 36.7 Å². The van der Waals surface area contributed by atoms with Crippen molar-refractivity contribution in [3.63, 3.8) is 0 Å². The molecule has 0 spiro atoms. The Labute approximate surface area is 229 Å². The first kappa shape index (κ1) is 27.7. The monoisotopic (exact) mass is 552 g/mol. The van der Waals surface area contributed by atoms with Crippen LogP contribution in [-0.2, 0) is 16.6 Å². The van der Waals surface area contributed by atoms with Gasteiger partial charge in [-0.05, 0) is 62.3 Å². The number of aryl methyl sites for hydroxylation is 2. The van der Waals surface area contributed by atoms with Crippen LogP contribution in [0, 0.1) is 6.92 Å². The van der Waals surface area contributed by atoms with E-state index in [9.17, 15) is 30.0 Å². The van der Waals surface area contributed by atoms with Crippen LogP contribution in [0.25, 0.3) is 32.6 Å². The molecule has 4 aromatic rings. The minimum Gasteiger partial charge on any atom is -0.479 e. The molecule has 5 N–H and O–H groups in total. The molecular weight excluding hydrogens is 520 g/mol. The van der Waals surface area contributed by atoms with Crippen molar-refractivity contribution in [3.05, 3.63) is 47.8 Å². The average molecular weight is 553 g/mol. The van der Waals surface area contributed by atoms with Crippen molar-refractivity contribution in [2.45, 2.75) is 37.6 Å². The Hall–Kier alpha value is -3.81. The summed E-state index contributed by atoms with van der Waals surface area (Å²) in [5.41, 5.74) is 3.10. The number of carboxylic acids is 1. The normalized spacial score (nSPS) is 23.2. The van der Waals surface area contributed by atoms with Crippen molar-refractivity contribution < 1.29 is 39.5 Å². The number of nitrogens with one attached hydrogen (secondary N) is 1. The molecule has 1 aliphatic heterocycles. The van der Waals surface area contributed by atoms with Gasteiger partial charge in [0.15, 0.2) is 6.10 Å². The Morgan fingerprint density at radius 3 is 2.50 bits per heavy atom. The van der Waals surface area contributed by atoms with Crippen LogP contribution in [0.5, 0.6) is 5.75 Å². The molecular formula is C28H32N4O8. The summed E-state index contributed by atoms with van der Waals surface area (Å²) in [4.78, 5) is 30.9. The molecule has 0 saturated carbocycles. The number of carbonyl (C=O) groups excluding carboxylic acids is 1. The van der Waals surface area contributed by atoms with Crippen molar-refractivity contribution in [1.82, 2.24) is 19.8 Å². The number of hydrogen-bond donors (Lipinski definition) is 5. The average Bonchev–Trinajstić information content (AvgIpc) is 3.19. The number of likely N-dealkylation sites (N-methyl/N-ethyl adjacent to an activating group) is 1. The number of fused-ring (bicyclic) bond motifs is 4. The molecule has 212 valence electrons. The number of ether oxygens (including phenoxy) is 2. The largest absolute Gasteiger partial charge is 0.479 e. The molecule has 1 saturated heterocycles. The van der Waals surface area contributed by atoms with Crippen LogP contribution in [0.4, 0.5) is 0 Å². The zero-order chi connectivity index (χ0) is 28.9. The highest BCUT2D eigenvalue weighted by atomic mass is 16.7. The van der Waals surface area contributed by atoms with Gasteiger partial charge in [-0.1, -0.05) is 0 Å². The lowest BCUT2D eigenvalue weighted by molar-refractivity contribution is -0.271. The summed E-state index contributed by atoms with van der Waals surface area (Å²) in [6.07, 6.45) is -6.94. The summed E-state index contributed by atoms with van der Waals surface area (Å²) in [7, 11) is 5.79. The number of aliphatic hydroxyl groups excluding tert-OH is 3. The maximum Gasteiger partial charge on any atom is 0.335 e. The van der Waals surface area contributed by atoms with Gasteiger partial charge in [0.1, 0.15) is 29.8 Å². The van der Waals surface area contributed by atoms with E-state index in [1.54, 1.807) is 18.3 Å². The summed E-state index contributed by atoms with van der Waals surface area (Å²) in [6.45, 7) is 3.15. The van der Waals surface area contributed by atoms with Gasteiger partial charge in [-0.3, -0.25) is 9.78 Å². The highest BCUT2D eigenvalue weighted by molar-refractivity contribution is 6.17. The zero-order valence-electron chi connectivity index (χ0n) is 22.5. The minimum atomic E-state index is -1.81. The number of hydrogen-bond acceptors (Lipinski definition) is 9. The Kier molecular flexibility index (Phi) is 7.38. The number of nitrogens with zero attached hydrogens (tertiary/aromatic N) is 3. The van der Waals surface area contributed by atoms with Gasteiger partial charge < -0.3 is 44.7 Å². The van der Waals surface area contributed by atoms with E-state index in [1.165, 1.54) is 0 Å². The second kappa shape index (κ2) is 10.6. The summed E-state index contributed by atoms with van der Waals surface area (Å²) >= 11 is 0. The Morgan fingerprint density at radius 2 is 1.80 bits per heavy atom. The van der Waals surface area contributed by atoms with Crippen LogP contribution < -0.4 is 10.1 Å². The second-order valence-corrected chi connectivity index (χ2v) is 10.3. The fourth-order valence-electron chi connectivity index (χ4n) is 5.28. The lowest BCUT2D eigenvalue weighted by Crippen LogP contribution is -2.61. The molecule has 3 heterocycles. The molecule has 1 aliphatic rings. The standard InChI is InChI=1S/C28H32N4O8/c1-13-15-7-8-29-20(26(36)30-9-10-31(2)3)17(15)12-18-16-11-14(5-6-19(16)32(4)21(13)18)39-28-24(35)22(33)23(34)25(40-28)27(37)38/h5-8,11-12,22-25,28,33-35H,9-10H2,1-4H3,(H,30,36)(H,37,38)/t22-,23-,24+,25-,28+/m0/s1. The SMILES string of the molecule is Cc1c2ccnc(C(=O)NCCN(C)C)c2cc2c3cc(O[C@@H]4O[C@H](C(=O)O)[C@@H](O)[C@H](O)[C@H]4O)ccc3n(C)c12. The lowest BCUT2D eigenvalue weighted by atomic mass is 9.99. The number of aromatic nitrogens is 2. The molecule has 5 rings (SSSR count). The highest BCUT2D eigenvalue weighted by Gasteiger charge is 2.48. The van der Waals surface area contributed by atoms with E-state index in [2.05, 4.69) is 10.3 Å². The molecule has 1 amide bonds. The van der Waals surface area contributed by atoms with Crippen LogP contribution in [0.15, 0.2) is 36.5 Å². The second-order valence-electron chi connectivity index (χ2n) is 10.3. The van der Waals surface area contributed by atoms with E-state index >= 15 is 0 Å². The predicted molar refractivity (Wildman–Crippen MR) is 146 cm³/mol. The van der Waals surface area contributed by atoms with E-state index in [0.29, 0.717) is 24.2 Å². The van der Waals surface area contributed by atoms with Crippen molar-refractivity contribution >= 4 is 44.5 Å². The molecule has 12 heteroatoms. The van der Waals surface area contributed by atoms with Gasteiger partial charge in [0.2, 0.25) is 6.29 Å². The minimum absolute atomic E-state index is 0.252. The first-order valence-electron chi connectivity index (χ1n) is 12.8. The molecule has 1 fully saturated rings. The number of carboxylic acid groups (broad SMARTS) is 1. The number of aliphatic hydroxyl groups is 3. The van der Waals surface area contributed by atoms with Crippen LogP contribution in [-0.4, -0.2) is 105 Å². The number of aliphatic carboxylic acids is 1. The number of rotatable bonds is 7. The third-order valence-electron chi connectivity index (χ3n) is 7.37. The van der Waals surface area contributed by atoms with E-state index in [1.807, 2.05) is 55.7 Å². The maximum absolute atomic E-state index is 13.1. The van der Waals surface area contributed by atoms with Crippen LogP contribution in [0.2, 0.25) is 0 Å². The van der Waals surface area contributed by atoms with Crippen molar-refractivity contribution in [1.29, 1.82) is 0 Å². The summed E-state index contributed by atoms with van der Waals surface area (Å²) in [6, 6.07) is 8.98. The smallest absolute Gasteiger partial charge is 0.335 e. The summed E-state index contributed by atoms with van der Waals surface area (Å²) < 4.78 is 13.1. The Morgan fingerprint density at radius 1 is 1.05 bits per heavy atom. The molecule has 5 atom stereocenters. The topological polar surface area (TPSA) is 167 Å². The van der Waals surface area contributed by atoms with Gasteiger partial charge >= 0.3 is 5.97 Å². The van der Waals surface area contributed by atoms with Gasteiger partial charge in [-0.15, -0.1) is 0 Å². The quantitative estimate of drug-likeness (QED) is 0.221. The fourth-order valence-corrected chi connectivity index (χ4v) is 5.28. The molecule has 12 nitrogen and oxygen atoms in total. The third kappa shape index (κ3) is 4.73. The van der Waals surface area contributed by atoms with Crippen LogP contribution in [0.1, 0.15) is 16.1 Å². The van der Waals surface area contributed by atoms with Gasteiger partial charge in [0, 0.05) is 48.0 Å². The lowest BCUT2D eigenvalue weighted by Gasteiger charge is -2.38. The maximum atomic E-state index is 13.1. The molecule has 2 aromatic carbocycles. The fraction of sp³-hybridized carbons (Fsp3) is 0.393. The van der Waals surface area contributed by atoms with Crippen molar-refractivity contribution in [3.8, 4) is 5.75 Å². The first-order chi connectivity index (χ1) is 19.0. The third-order valence-corrected chi connectivity index (χ3v) is 7.37. The van der Waals surface area contributed by atoms with E-state index in [4.69, 9.17) is 9.47 Å². The Balaban J connectivity index is 1.57.